The third kappa shape index (κ3) is 2.94. The van der Waals surface area contributed by atoms with E-state index >= 15 is 0 Å². The first-order chi connectivity index (χ1) is 11.7. The Morgan fingerprint density at radius 1 is 1.25 bits per heavy atom. The number of thiazole rings is 1. The van der Waals surface area contributed by atoms with Gasteiger partial charge in [0.25, 0.3) is 5.89 Å². The van der Waals surface area contributed by atoms with E-state index in [4.69, 9.17) is 9.26 Å². The molecule has 0 spiro atoms. The molecule has 0 saturated carbocycles. The van der Waals surface area contributed by atoms with Crippen LogP contribution in [0, 0.1) is 5.92 Å². The van der Waals surface area contributed by atoms with E-state index in [0.29, 0.717) is 24.2 Å². The maximum absolute atomic E-state index is 5.71. The monoisotopic (exact) mass is 341 g/mol. The van der Waals surface area contributed by atoms with Gasteiger partial charge in [-0.25, -0.2) is 4.98 Å². The second kappa shape index (κ2) is 6.36. The zero-order chi connectivity index (χ0) is 16.5. The second-order valence-electron chi connectivity index (χ2n) is 6.41. The van der Waals surface area contributed by atoms with Crippen molar-refractivity contribution in [1.29, 1.82) is 0 Å². The molecule has 5 nitrogen and oxygen atoms in total. The molecule has 1 unspecified atom stereocenters. The molecule has 1 aliphatic rings. The lowest BCUT2D eigenvalue weighted by Gasteiger charge is -2.23. The standard InChI is InChI=1S/C18H19N3O2S/c1-11(2)9-16-19-14(10-24-16)18-20-17(21-23-18)13-7-8-22-15-6-4-3-5-12(13)15/h3-6,10-11,13H,7-9H2,1-2H3. The number of para-hydroxylation sites is 1. The Bertz CT molecular complexity index is 840. The summed E-state index contributed by atoms with van der Waals surface area (Å²) in [5.74, 6) is 2.81. The van der Waals surface area contributed by atoms with Crippen LogP contribution in [0.3, 0.4) is 0 Å². The average Bonchev–Trinajstić information content (AvgIpc) is 3.23. The van der Waals surface area contributed by atoms with Crippen molar-refractivity contribution >= 4 is 11.3 Å². The molecule has 0 bridgehead atoms. The molecule has 1 atom stereocenters. The van der Waals surface area contributed by atoms with Crippen LogP contribution in [0.4, 0.5) is 0 Å². The summed E-state index contributed by atoms with van der Waals surface area (Å²) in [6.45, 7) is 5.05. The lowest BCUT2D eigenvalue weighted by Crippen LogP contribution is -2.16. The van der Waals surface area contributed by atoms with Gasteiger partial charge in [0.2, 0.25) is 0 Å². The number of hydrogen-bond donors (Lipinski definition) is 0. The van der Waals surface area contributed by atoms with Crippen LogP contribution in [0.25, 0.3) is 11.6 Å². The first kappa shape index (κ1) is 15.3. The quantitative estimate of drug-likeness (QED) is 0.708. The first-order valence-electron chi connectivity index (χ1n) is 8.21. The molecule has 0 saturated heterocycles. The fraction of sp³-hybridized carbons (Fsp3) is 0.389. The lowest BCUT2D eigenvalue weighted by atomic mass is 9.92. The van der Waals surface area contributed by atoms with Crippen molar-refractivity contribution in [2.24, 2.45) is 5.92 Å². The Labute approximate surface area is 144 Å². The molecule has 4 rings (SSSR count). The Kier molecular flexibility index (Phi) is 4.06. The van der Waals surface area contributed by atoms with E-state index in [0.717, 1.165) is 34.9 Å². The zero-order valence-corrected chi connectivity index (χ0v) is 14.5. The number of nitrogens with zero attached hydrogens (tertiary/aromatic N) is 3. The molecule has 24 heavy (non-hydrogen) atoms. The van der Waals surface area contributed by atoms with Gasteiger partial charge in [0, 0.05) is 17.4 Å². The molecule has 2 aromatic heterocycles. The summed E-state index contributed by atoms with van der Waals surface area (Å²) in [4.78, 5) is 9.23. The van der Waals surface area contributed by atoms with Crippen LogP contribution in [0.2, 0.25) is 0 Å². The Morgan fingerprint density at radius 3 is 3.00 bits per heavy atom. The minimum atomic E-state index is 0.112. The third-order valence-corrected chi connectivity index (χ3v) is 4.94. The van der Waals surface area contributed by atoms with Crippen LogP contribution in [0.15, 0.2) is 34.2 Å². The lowest BCUT2D eigenvalue weighted by molar-refractivity contribution is 0.272. The van der Waals surface area contributed by atoms with Crippen LogP contribution in [0.1, 0.15) is 42.6 Å². The van der Waals surface area contributed by atoms with Crippen LogP contribution in [0.5, 0.6) is 5.75 Å². The van der Waals surface area contributed by atoms with Gasteiger partial charge in [0.15, 0.2) is 5.82 Å². The SMILES string of the molecule is CC(C)Cc1nc(-c2nc(C3CCOc4ccccc43)no2)cs1. The molecule has 1 aliphatic heterocycles. The van der Waals surface area contributed by atoms with E-state index in [9.17, 15) is 0 Å². The van der Waals surface area contributed by atoms with Gasteiger partial charge in [-0.3, -0.25) is 0 Å². The smallest absolute Gasteiger partial charge is 0.277 e. The molecule has 3 heterocycles. The summed E-state index contributed by atoms with van der Waals surface area (Å²) >= 11 is 1.65. The van der Waals surface area contributed by atoms with Gasteiger partial charge >= 0.3 is 0 Å². The number of ether oxygens (including phenoxy) is 1. The van der Waals surface area contributed by atoms with Crippen molar-refractivity contribution in [1.82, 2.24) is 15.1 Å². The maximum atomic E-state index is 5.71. The van der Waals surface area contributed by atoms with Crippen molar-refractivity contribution in [3.05, 3.63) is 46.0 Å². The molecule has 6 heteroatoms. The summed E-state index contributed by atoms with van der Waals surface area (Å²) in [5, 5.41) is 7.31. The van der Waals surface area contributed by atoms with Gasteiger partial charge in [0.05, 0.1) is 17.5 Å². The summed E-state index contributed by atoms with van der Waals surface area (Å²) in [6, 6.07) is 8.05. The number of aromatic nitrogens is 3. The number of hydrogen-bond acceptors (Lipinski definition) is 6. The van der Waals surface area contributed by atoms with Crippen molar-refractivity contribution in [2.45, 2.75) is 32.6 Å². The van der Waals surface area contributed by atoms with Gasteiger partial charge in [-0.05, 0) is 18.4 Å². The highest BCUT2D eigenvalue weighted by Gasteiger charge is 2.27. The summed E-state index contributed by atoms with van der Waals surface area (Å²) in [6.07, 6.45) is 1.82. The highest BCUT2D eigenvalue weighted by molar-refractivity contribution is 7.09. The number of rotatable bonds is 4. The molecule has 0 aliphatic carbocycles. The molecule has 0 N–H and O–H groups in total. The van der Waals surface area contributed by atoms with Crippen molar-refractivity contribution < 1.29 is 9.26 Å². The fourth-order valence-corrected chi connectivity index (χ4v) is 3.92. The molecule has 0 amide bonds. The van der Waals surface area contributed by atoms with E-state index in [2.05, 4.69) is 35.0 Å². The summed E-state index contributed by atoms with van der Waals surface area (Å²) in [7, 11) is 0. The van der Waals surface area contributed by atoms with Crippen molar-refractivity contribution in [3.8, 4) is 17.3 Å². The molecule has 0 radical (unpaired) electrons. The second-order valence-corrected chi connectivity index (χ2v) is 7.35. The Morgan fingerprint density at radius 2 is 2.12 bits per heavy atom. The van der Waals surface area contributed by atoms with E-state index in [1.165, 1.54) is 0 Å². The molecular weight excluding hydrogens is 322 g/mol. The highest BCUT2D eigenvalue weighted by Crippen LogP contribution is 2.37. The minimum absolute atomic E-state index is 0.112. The van der Waals surface area contributed by atoms with Gasteiger partial charge in [-0.1, -0.05) is 37.2 Å². The minimum Gasteiger partial charge on any atom is -0.493 e. The third-order valence-electron chi connectivity index (χ3n) is 4.07. The van der Waals surface area contributed by atoms with Gasteiger partial charge < -0.3 is 9.26 Å². The number of fused-ring (bicyclic) bond motifs is 1. The predicted octanol–water partition coefficient (Wildman–Crippen LogP) is 4.31. The highest BCUT2D eigenvalue weighted by atomic mass is 32.1. The normalized spacial score (nSPS) is 16.9. The van der Waals surface area contributed by atoms with Crippen LogP contribution in [-0.4, -0.2) is 21.7 Å². The average molecular weight is 341 g/mol. The van der Waals surface area contributed by atoms with Crippen LogP contribution >= 0.6 is 11.3 Å². The summed E-state index contributed by atoms with van der Waals surface area (Å²) < 4.78 is 11.2. The van der Waals surface area contributed by atoms with Gasteiger partial charge in [0.1, 0.15) is 11.4 Å². The van der Waals surface area contributed by atoms with E-state index in [1.54, 1.807) is 11.3 Å². The summed E-state index contributed by atoms with van der Waals surface area (Å²) in [5.41, 5.74) is 1.89. The fourth-order valence-electron chi connectivity index (χ4n) is 2.94. The topological polar surface area (TPSA) is 61.0 Å². The zero-order valence-electron chi connectivity index (χ0n) is 13.7. The van der Waals surface area contributed by atoms with Crippen LogP contribution < -0.4 is 4.74 Å². The molecule has 1 aromatic carbocycles. The van der Waals surface area contributed by atoms with Gasteiger partial charge in [-0.15, -0.1) is 11.3 Å². The molecule has 3 aromatic rings. The molecule has 124 valence electrons. The van der Waals surface area contributed by atoms with E-state index < -0.39 is 0 Å². The first-order valence-corrected chi connectivity index (χ1v) is 9.09. The van der Waals surface area contributed by atoms with Crippen molar-refractivity contribution in [3.63, 3.8) is 0 Å². The molecular formula is C18H19N3O2S. The van der Waals surface area contributed by atoms with E-state index in [-0.39, 0.29) is 5.92 Å². The van der Waals surface area contributed by atoms with Crippen LogP contribution in [-0.2, 0) is 6.42 Å². The maximum Gasteiger partial charge on any atom is 0.277 e. The Balaban J connectivity index is 1.61. The van der Waals surface area contributed by atoms with Crippen molar-refractivity contribution in [2.75, 3.05) is 6.61 Å². The van der Waals surface area contributed by atoms with E-state index in [1.807, 2.05) is 23.6 Å². The largest absolute Gasteiger partial charge is 0.493 e. The molecule has 0 fully saturated rings. The number of benzene rings is 1. The Hall–Kier alpha value is -2.21. The predicted molar refractivity (Wildman–Crippen MR) is 92.3 cm³/mol. The van der Waals surface area contributed by atoms with Gasteiger partial charge in [-0.2, -0.15) is 4.98 Å².